The number of aliphatic imine (C=N–C) groups is 1. The second-order valence-corrected chi connectivity index (χ2v) is 7.66. The molecule has 0 amide bonds. The van der Waals surface area contributed by atoms with Crippen molar-refractivity contribution in [3.05, 3.63) is 35.4 Å². The fourth-order valence-corrected chi connectivity index (χ4v) is 4.04. The van der Waals surface area contributed by atoms with Crippen molar-refractivity contribution in [1.82, 2.24) is 15.1 Å². The van der Waals surface area contributed by atoms with Gasteiger partial charge in [-0.1, -0.05) is 50.5 Å². The summed E-state index contributed by atoms with van der Waals surface area (Å²) in [6, 6.07) is 9.18. The highest BCUT2D eigenvalue weighted by Crippen LogP contribution is 2.17. The summed E-state index contributed by atoms with van der Waals surface area (Å²) in [5, 5.41) is 3.41. The molecule has 2 fully saturated rings. The number of benzene rings is 1. The van der Waals surface area contributed by atoms with Crippen molar-refractivity contribution in [1.29, 1.82) is 0 Å². The topological polar surface area (TPSA) is 56.9 Å². The van der Waals surface area contributed by atoms with Crippen molar-refractivity contribution in [2.45, 2.75) is 58.2 Å². The standard InChI is InChI=1S/C21H35N5/c1-2-25-12-14-26(15-13-25)17-19-9-7-6-8-18(19)16-23-21(22)24-20-10-4-3-5-11-20/h6-9,20H,2-5,10-17H2,1H3,(H3,22,23,24). The molecule has 1 saturated heterocycles. The maximum atomic E-state index is 6.14. The number of nitrogens with two attached hydrogens (primary N) is 1. The van der Waals surface area contributed by atoms with Crippen LogP contribution in [0.4, 0.5) is 0 Å². The van der Waals surface area contributed by atoms with E-state index in [9.17, 15) is 0 Å². The number of guanidine groups is 1. The van der Waals surface area contributed by atoms with Crippen LogP contribution in [-0.4, -0.2) is 54.5 Å². The minimum absolute atomic E-state index is 0.512. The van der Waals surface area contributed by atoms with Crippen LogP contribution in [0.1, 0.15) is 50.2 Å². The predicted molar refractivity (Wildman–Crippen MR) is 109 cm³/mol. The zero-order chi connectivity index (χ0) is 18.2. The first-order valence-electron chi connectivity index (χ1n) is 10.3. The second-order valence-electron chi connectivity index (χ2n) is 7.66. The fourth-order valence-electron chi connectivity index (χ4n) is 4.04. The lowest BCUT2D eigenvalue weighted by atomic mass is 9.96. The van der Waals surface area contributed by atoms with E-state index >= 15 is 0 Å². The van der Waals surface area contributed by atoms with Crippen molar-refractivity contribution in [3.8, 4) is 0 Å². The number of nitrogens with one attached hydrogen (secondary N) is 1. The van der Waals surface area contributed by atoms with Crippen molar-refractivity contribution in [2.24, 2.45) is 10.7 Å². The first kappa shape index (κ1) is 19.2. The summed E-state index contributed by atoms with van der Waals surface area (Å²) in [5.41, 5.74) is 8.81. The summed E-state index contributed by atoms with van der Waals surface area (Å²) in [6.07, 6.45) is 6.40. The Morgan fingerprint density at radius 3 is 2.38 bits per heavy atom. The van der Waals surface area contributed by atoms with Gasteiger partial charge in [0.25, 0.3) is 0 Å². The van der Waals surface area contributed by atoms with Gasteiger partial charge in [0.2, 0.25) is 0 Å². The molecule has 0 radical (unpaired) electrons. The summed E-state index contributed by atoms with van der Waals surface area (Å²) in [6.45, 7) is 9.73. The van der Waals surface area contributed by atoms with E-state index in [0.29, 0.717) is 18.5 Å². The van der Waals surface area contributed by atoms with Crippen LogP contribution < -0.4 is 11.1 Å². The van der Waals surface area contributed by atoms with Crippen molar-refractivity contribution in [3.63, 3.8) is 0 Å². The van der Waals surface area contributed by atoms with Gasteiger partial charge in [0, 0.05) is 38.8 Å². The molecule has 1 heterocycles. The highest BCUT2D eigenvalue weighted by atomic mass is 15.3. The Hall–Kier alpha value is -1.59. The molecule has 0 spiro atoms. The lowest BCUT2D eigenvalue weighted by Gasteiger charge is -2.34. The summed E-state index contributed by atoms with van der Waals surface area (Å²) in [7, 11) is 0. The number of hydrogen-bond donors (Lipinski definition) is 2. The largest absolute Gasteiger partial charge is 0.370 e. The van der Waals surface area contributed by atoms with Gasteiger partial charge in [0.15, 0.2) is 5.96 Å². The Bertz CT molecular complexity index is 572. The van der Waals surface area contributed by atoms with Gasteiger partial charge in [-0.25, -0.2) is 4.99 Å². The molecular formula is C21H35N5. The third kappa shape index (κ3) is 5.71. The van der Waals surface area contributed by atoms with E-state index in [4.69, 9.17) is 5.73 Å². The monoisotopic (exact) mass is 357 g/mol. The fraction of sp³-hybridized carbons (Fsp3) is 0.667. The molecule has 5 heteroatoms. The molecule has 3 rings (SSSR count). The molecule has 0 aromatic heterocycles. The van der Waals surface area contributed by atoms with Gasteiger partial charge in [-0.15, -0.1) is 0 Å². The van der Waals surface area contributed by atoms with Gasteiger partial charge in [-0.2, -0.15) is 0 Å². The van der Waals surface area contributed by atoms with E-state index in [0.717, 1.165) is 26.2 Å². The molecule has 1 saturated carbocycles. The van der Waals surface area contributed by atoms with Crippen molar-refractivity contribution >= 4 is 5.96 Å². The molecule has 5 nitrogen and oxygen atoms in total. The minimum atomic E-state index is 0.512. The smallest absolute Gasteiger partial charge is 0.189 e. The van der Waals surface area contributed by atoms with Crippen LogP contribution in [0.5, 0.6) is 0 Å². The number of nitrogens with zero attached hydrogens (tertiary/aromatic N) is 3. The normalized spacial score (nSPS) is 21.0. The van der Waals surface area contributed by atoms with Gasteiger partial charge >= 0.3 is 0 Å². The lowest BCUT2D eigenvalue weighted by Crippen LogP contribution is -2.45. The summed E-state index contributed by atoms with van der Waals surface area (Å²) < 4.78 is 0. The Balaban J connectivity index is 1.54. The Morgan fingerprint density at radius 2 is 1.69 bits per heavy atom. The van der Waals surface area contributed by atoms with E-state index in [1.807, 2.05) is 0 Å². The minimum Gasteiger partial charge on any atom is -0.370 e. The van der Waals surface area contributed by atoms with E-state index in [1.165, 1.54) is 56.3 Å². The molecule has 144 valence electrons. The summed E-state index contributed by atoms with van der Waals surface area (Å²) in [5.74, 6) is 0.600. The zero-order valence-corrected chi connectivity index (χ0v) is 16.3. The first-order chi connectivity index (χ1) is 12.7. The molecule has 1 aromatic carbocycles. The Kier molecular flexibility index (Phi) is 7.32. The average Bonchev–Trinajstić information content (AvgIpc) is 2.69. The summed E-state index contributed by atoms with van der Waals surface area (Å²) in [4.78, 5) is 9.70. The van der Waals surface area contributed by atoms with Crippen molar-refractivity contribution in [2.75, 3.05) is 32.7 Å². The molecule has 26 heavy (non-hydrogen) atoms. The average molecular weight is 358 g/mol. The Labute approximate surface area is 158 Å². The van der Waals surface area contributed by atoms with Gasteiger partial charge in [0.1, 0.15) is 0 Å². The number of likely N-dealkylation sites (N-methyl/N-ethyl adjacent to an activating group) is 1. The molecule has 3 N–H and O–H groups in total. The molecule has 1 aliphatic carbocycles. The van der Waals surface area contributed by atoms with Crippen LogP contribution in [0.25, 0.3) is 0 Å². The quantitative estimate of drug-likeness (QED) is 0.607. The van der Waals surface area contributed by atoms with Crippen LogP contribution in [0.2, 0.25) is 0 Å². The lowest BCUT2D eigenvalue weighted by molar-refractivity contribution is 0.131. The number of rotatable bonds is 6. The van der Waals surface area contributed by atoms with Crippen LogP contribution in [0.15, 0.2) is 29.3 Å². The summed E-state index contributed by atoms with van der Waals surface area (Å²) >= 11 is 0. The predicted octanol–water partition coefficient (Wildman–Crippen LogP) is 2.56. The van der Waals surface area contributed by atoms with Crippen LogP contribution >= 0.6 is 0 Å². The number of piperazine rings is 1. The van der Waals surface area contributed by atoms with Crippen LogP contribution in [0.3, 0.4) is 0 Å². The number of hydrogen-bond acceptors (Lipinski definition) is 3. The molecule has 0 bridgehead atoms. The maximum Gasteiger partial charge on any atom is 0.189 e. The molecule has 0 unspecified atom stereocenters. The van der Waals surface area contributed by atoms with E-state index < -0.39 is 0 Å². The molecule has 0 atom stereocenters. The molecular weight excluding hydrogens is 322 g/mol. The molecule has 2 aliphatic rings. The molecule has 1 aliphatic heterocycles. The van der Waals surface area contributed by atoms with Gasteiger partial charge in [-0.05, 0) is 30.5 Å². The van der Waals surface area contributed by atoms with E-state index in [-0.39, 0.29) is 0 Å². The van der Waals surface area contributed by atoms with Crippen LogP contribution in [0, 0.1) is 0 Å². The third-order valence-corrected chi connectivity index (χ3v) is 5.80. The first-order valence-corrected chi connectivity index (χ1v) is 10.3. The maximum absolute atomic E-state index is 6.14. The van der Waals surface area contributed by atoms with Gasteiger partial charge in [0.05, 0.1) is 6.54 Å². The zero-order valence-electron chi connectivity index (χ0n) is 16.3. The van der Waals surface area contributed by atoms with Crippen molar-refractivity contribution < 1.29 is 0 Å². The van der Waals surface area contributed by atoms with E-state index in [1.54, 1.807) is 0 Å². The van der Waals surface area contributed by atoms with Crippen LogP contribution in [-0.2, 0) is 13.1 Å². The molecule has 1 aromatic rings. The second kappa shape index (κ2) is 9.93. The highest BCUT2D eigenvalue weighted by molar-refractivity contribution is 5.78. The SMILES string of the molecule is CCN1CCN(Cc2ccccc2CN=C(N)NC2CCCCC2)CC1. The van der Waals surface area contributed by atoms with Gasteiger partial charge < -0.3 is 16.0 Å². The van der Waals surface area contributed by atoms with Gasteiger partial charge in [-0.3, -0.25) is 4.90 Å². The third-order valence-electron chi connectivity index (χ3n) is 5.80. The van der Waals surface area contributed by atoms with E-state index in [2.05, 4.69) is 51.3 Å². The highest BCUT2D eigenvalue weighted by Gasteiger charge is 2.17. The Morgan fingerprint density at radius 1 is 1.04 bits per heavy atom.